The lowest BCUT2D eigenvalue weighted by atomic mass is 10.3. The van der Waals surface area contributed by atoms with Gasteiger partial charge < -0.3 is 4.74 Å². The van der Waals surface area contributed by atoms with Gasteiger partial charge in [0.25, 0.3) is 0 Å². The number of carbonyl (C=O) groups is 1. The van der Waals surface area contributed by atoms with Crippen molar-refractivity contribution in [1.82, 2.24) is 9.97 Å². The van der Waals surface area contributed by atoms with E-state index in [1.807, 2.05) is 0 Å². The van der Waals surface area contributed by atoms with Gasteiger partial charge in [-0.25, -0.2) is 9.97 Å². The van der Waals surface area contributed by atoms with E-state index < -0.39 is 5.97 Å². The highest BCUT2D eigenvalue weighted by atomic mass is 35.5. The second kappa shape index (κ2) is 4.57. The lowest BCUT2D eigenvalue weighted by Crippen LogP contribution is -2.08. The van der Waals surface area contributed by atoms with E-state index in [2.05, 4.69) is 14.7 Å². The normalized spacial score (nSPS) is 10.0. The second-order valence-corrected chi connectivity index (χ2v) is 3.32. The molecule has 0 atom stereocenters. The average Bonchev–Trinajstić information content (AvgIpc) is 2.14. The van der Waals surface area contributed by atoms with E-state index >= 15 is 0 Å². The zero-order valence-corrected chi connectivity index (χ0v) is 9.19. The van der Waals surface area contributed by atoms with E-state index in [4.69, 9.17) is 23.2 Å². The molecular formula is C8H8Cl2N2O2. The number of aromatic nitrogens is 2. The number of hydrogen-bond acceptors (Lipinski definition) is 4. The molecule has 0 fully saturated rings. The highest BCUT2D eigenvalue weighted by Crippen LogP contribution is 2.19. The third-order valence-electron chi connectivity index (χ3n) is 1.60. The van der Waals surface area contributed by atoms with Gasteiger partial charge in [0.05, 0.1) is 7.11 Å². The molecule has 1 rings (SSSR count). The fourth-order valence-corrected chi connectivity index (χ4v) is 1.21. The summed E-state index contributed by atoms with van der Waals surface area (Å²) in [6.45, 7) is 1.70. The average molecular weight is 235 g/mol. The first-order valence-electron chi connectivity index (χ1n) is 3.80. The lowest BCUT2D eigenvalue weighted by Gasteiger charge is -2.03. The van der Waals surface area contributed by atoms with Crippen LogP contribution in [0.2, 0.25) is 10.3 Å². The number of ether oxygens (including phenoxy) is 1. The molecule has 0 aliphatic carbocycles. The molecule has 0 aromatic carbocycles. The standard InChI is InChI=1S/C8H8Cl2N2O2/c1-4-7(9)11-5(12-8(4)10)3-6(13)14-2/h3H2,1-2H3. The van der Waals surface area contributed by atoms with Gasteiger partial charge in [0, 0.05) is 5.56 Å². The Hall–Kier alpha value is -0.870. The van der Waals surface area contributed by atoms with Gasteiger partial charge in [-0.2, -0.15) is 0 Å². The summed E-state index contributed by atoms with van der Waals surface area (Å²) in [6.07, 6.45) is -0.0315. The molecule has 1 heterocycles. The Kier molecular flexibility index (Phi) is 3.66. The molecule has 0 saturated carbocycles. The van der Waals surface area contributed by atoms with Gasteiger partial charge >= 0.3 is 5.97 Å². The van der Waals surface area contributed by atoms with Gasteiger partial charge in [0.15, 0.2) is 0 Å². The first-order chi connectivity index (χ1) is 6.54. The number of rotatable bonds is 2. The summed E-state index contributed by atoms with van der Waals surface area (Å²) in [5.74, 6) is -0.168. The van der Waals surface area contributed by atoms with Crippen LogP contribution in [0.15, 0.2) is 0 Å². The molecule has 1 aromatic rings. The van der Waals surface area contributed by atoms with Crippen LogP contribution in [0.25, 0.3) is 0 Å². The minimum atomic E-state index is -0.430. The summed E-state index contributed by atoms with van der Waals surface area (Å²) in [6, 6.07) is 0. The Morgan fingerprint density at radius 1 is 1.36 bits per heavy atom. The third-order valence-corrected chi connectivity index (χ3v) is 2.34. The Morgan fingerprint density at radius 3 is 2.29 bits per heavy atom. The van der Waals surface area contributed by atoms with E-state index in [-0.39, 0.29) is 22.6 Å². The molecule has 0 radical (unpaired) electrons. The number of carbonyl (C=O) groups excluding carboxylic acids is 1. The molecule has 1 aromatic heterocycles. The van der Waals surface area contributed by atoms with Crippen LogP contribution in [0.4, 0.5) is 0 Å². The van der Waals surface area contributed by atoms with Crippen LogP contribution in [0.5, 0.6) is 0 Å². The van der Waals surface area contributed by atoms with E-state index in [0.29, 0.717) is 5.56 Å². The van der Waals surface area contributed by atoms with Crippen molar-refractivity contribution in [2.45, 2.75) is 13.3 Å². The van der Waals surface area contributed by atoms with Crippen LogP contribution < -0.4 is 0 Å². The Bertz CT molecular complexity index is 345. The highest BCUT2D eigenvalue weighted by molar-refractivity contribution is 6.34. The second-order valence-electron chi connectivity index (χ2n) is 2.60. The Morgan fingerprint density at radius 2 is 1.86 bits per heavy atom. The summed E-state index contributed by atoms with van der Waals surface area (Å²) in [7, 11) is 1.29. The maximum Gasteiger partial charge on any atom is 0.313 e. The molecule has 0 amide bonds. The molecule has 0 aliphatic rings. The van der Waals surface area contributed by atoms with Crippen molar-refractivity contribution in [3.63, 3.8) is 0 Å². The first kappa shape index (κ1) is 11.2. The molecular weight excluding hydrogens is 227 g/mol. The summed E-state index contributed by atoms with van der Waals surface area (Å²) in [5, 5.41) is 0.507. The van der Waals surface area contributed by atoms with Crippen molar-refractivity contribution in [3.8, 4) is 0 Å². The van der Waals surface area contributed by atoms with Gasteiger partial charge in [-0.3, -0.25) is 4.79 Å². The quantitative estimate of drug-likeness (QED) is 0.579. The van der Waals surface area contributed by atoms with E-state index in [9.17, 15) is 4.79 Å². The third kappa shape index (κ3) is 2.56. The SMILES string of the molecule is COC(=O)Cc1nc(Cl)c(C)c(Cl)n1. The maximum absolute atomic E-state index is 10.9. The molecule has 0 unspecified atom stereocenters. The van der Waals surface area contributed by atoms with Crippen LogP contribution >= 0.6 is 23.2 Å². The van der Waals surface area contributed by atoms with Crippen molar-refractivity contribution >= 4 is 29.2 Å². The zero-order valence-electron chi connectivity index (χ0n) is 7.67. The molecule has 76 valence electrons. The van der Waals surface area contributed by atoms with Crippen molar-refractivity contribution in [1.29, 1.82) is 0 Å². The molecule has 4 nitrogen and oxygen atoms in total. The highest BCUT2D eigenvalue weighted by Gasteiger charge is 2.10. The van der Waals surface area contributed by atoms with Gasteiger partial charge in [-0.15, -0.1) is 0 Å². The smallest absolute Gasteiger partial charge is 0.313 e. The van der Waals surface area contributed by atoms with E-state index in [1.54, 1.807) is 6.92 Å². The molecule has 6 heteroatoms. The van der Waals surface area contributed by atoms with Crippen LogP contribution in [0.1, 0.15) is 11.4 Å². The number of nitrogens with zero attached hydrogens (tertiary/aromatic N) is 2. The Balaban J connectivity index is 2.95. The summed E-state index contributed by atoms with van der Waals surface area (Å²) in [4.78, 5) is 18.7. The maximum atomic E-state index is 10.9. The zero-order chi connectivity index (χ0) is 10.7. The summed E-state index contributed by atoms with van der Waals surface area (Å²) in [5.41, 5.74) is 0.599. The van der Waals surface area contributed by atoms with Crippen molar-refractivity contribution < 1.29 is 9.53 Å². The fraction of sp³-hybridized carbons (Fsp3) is 0.375. The topological polar surface area (TPSA) is 52.1 Å². The minimum absolute atomic E-state index is 0.0315. The number of methoxy groups -OCH3 is 1. The van der Waals surface area contributed by atoms with Gasteiger partial charge in [0.1, 0.15) is 22.6 Å². The van der Waals surface area contributed by atoms with E-state index in [0.717, 1.165) is 0 Å². The molecule has 0 aliphatic heterocycles. The van der Waals surface area contributed by atoms with E-state index in [1.165, 1.54) is 7.11 Å². The number of esters is 1. The predicted molar refractivity (Wildman–Crippen MR) is 52.5 cm³/mol. The number of halogens is 2. The summed E-state index contributed by atoms with van der Waals surface area (Å²) >= 11 is 11.5. The van der Waals surface area contributed by atoms with Crippen LogP contribution in [0.3, 0.4) is 0 Å². The molecule has 14 heavy (non-hydrogen) atoms. The lowest BCUT2D eigenvalue weighted by molar-refractivity contribution is -0.139. The number of hydrogen-bond donors (Lipinski definition) is 0. The van der Waals surface area contributed by atoms with Gasteiger partial charge in [-0.1, -0.05) is 23.2 Å². The van der Waals surface area contributed by atoms with Gasteiger partial charge in [0.2, 0.25) is 0 Å². The first-order valence-corrected chi connectivity index (χ1v) is 4.55. The van der Waals surface area contributed by atoms with Crippen LogP contribution in [-0.4, -0.2) is 23.0 Å². The fourth-order valence-electron chi connectivity index (χ4n) is 0.785. The minimum Gasteiger partial charge on any atom is -0.469 e. The van der Waals surface area contributed by atoms with Crippen molar-refractivity contribution in [3.05, 3.63) is 21.7 Å². The monoisotopic (exact) mass is 234 g/mol. The van der Waals surface area contributed by atoms with Crippen molar-refractivity contribution in [2.24, 2.45) is 0 Å². The predicted octanol–water partition coefficient (Wildman–Crippen LogP) is 1.81. The molecule has 0 saturated heterocycles. The van der Waals surface area contributed by atoms with Gasteiger partial charge in [-0.05, 0) is 6.92 Å². The summed E-state index contributed by atoms with van der Waals surface area (Å²) < 4.78 is 4.46. The van der Waals surface area contributed by atoms with Crippen LogP contribution in [-0.2, 0) is 16.0 Å². The largest absolute Gasteiger partial charge is 0.469 e. The van der Waals surface area contributed by atoms with Crippen molar-refractivity contribution in [2.75, 3.05) is 7.11 Å². The Labute approximate surface area is 91.2 Å². The molecule has 0 spiro atoms. The molecule has 0 bridgehead atoms. The van der Waals surface area contributed by atoms with Crippen LogP contribution in [0, 0.1) is 6.92 Å². The molecule has 0 N–H and O–H groups in total.